The third-order valence-corrected chi connectivity index (χ3v) is 9.09. The molecule has 4 aromatic heterocycles. The first-order valence-electron chi connectivity index (χ1n) is 14.7. The molecule has 0 unspecified atom stereocenters. The first-order valence-corrected chi connectivity index (χ1v) is 15.9. The van der Waals surface area contributed by atoms with E-state index in [1.165, 1.54) is 22.6 Å². The zero-order chi connectivity index (χ0) is 34.5. The number of nitrogens with zero attached hydrogens (tertiary/aromatic N) is 8. The summed E-state index contributed by atoms with van der Waals surface area (Å²) in [6, 6.07) is 2.62. The summed E-state index contributed by atoms with van der Waals surface area (Å²) in [7, 11) is 0. The van der Waals surface area contributed by atoms with E-state index in [2.05, 4.69) is 30.2 Å². The van der Waals surface area contributed by atoms with Crippen LogP contribution in [-0.4, -0.2) is 77.5 Å². The Bertz CT molecular complexity index is 2160. The van der Waals surface area contributed by atoms with Gasteiger partial charge in [-0.3, -0.25) is 14.4 Å². The van der Waals surface area contributed by atoms with Gasteiger partial charge in [-0.15, -0.1) is 0 Å². The van der Waals surface area contributed by atoms with Crippen molar-refractivity contribution in [2.24, 2.45) is 0 Å². The fraction of sp³-hybridized carbons (Fsp3) is 0.333. The number of aromatic nitrogens is 6. The number of thiazole rings is 1. The maximum absolute atomic E-state index is 14.1. The van der Waals surface area contributed by atoms with Gasteiger partial charge in [0, 0.05) is 31.9 Å². The van der Waals surface area contributed by atoms with E-state index in [1.54, 1.807) is 18.4 Å². The molecule has 0 aliphatic carbocycles. The lowest BCUT2D eigenvalue weighted by Gasteiger charge is -2.37. The van der Waals surface area contributed by atoms with Crippen molar-refractivity contribution in [2.45, 2.75) is 39.9 Å². The minimum Gasteiger partial charge on any atom is -0.504 e. The van der Waals surface area contributed by atoms with Gasteiger partial charge in [0.2, 0.25) is 11.3 Å². The molecular weight excluding hydrogens is 675 g/mol. The number of aryl methyl sites for hydroxylation is 2. The van der Waals surface area contributed by atoms with Gasteiger partial charge in [0.05, 0.1) is 27.0 Å². The smallest absolute Gasteiger partial charge is 0.416 e. The van der Waals surface area contributed by atoms with Crippen LogP contribution in [0.1, 0.15) is 39.4 Å². The van der Waals surface area contributed by atoms with Crippen LogP contribution < -0.4 is 15.6 Å². The second-order valence-electron chi connectivity index (χ2n) is 11.0. The second kappa shape index (κ2) is 12.6. The number of hydrogen-bond donors (Lipinski definition) is 2. The number of benzene rings is 1. The largest absolute Gasteiger partial charge is 0.504 e. The summed E-state index contributed by atoms with van der Waals surface area (Å²) in [6.07, 6.45) is -3.11. The highest BCUT2D eigenvalue weighted by atomic mass is 35.5. The lowest BCUT2D eigenvalue weighted by Crippen LogP contribution is -2.50. The van der Waals surface area contributed by atoms with E-state index in [1.807, 2.05) is 11.8 Å². The molecule has 2 N–H and O–H groups in total. The lowest BCUT2D eigenvalue weighted by molar-refractivity contribution is -0.137. The van der Waals surface area contributed by atoms with Crippen LogP contribution in [0.25, 0.3) is 21.6 Å². The molecule has 1 aromatic carbocycles. The summed E-state index contributed by atoms with van der Waals surface area (Å²) >= 11 is 7.37. The van der Waals surface area contributed by atoms with Crippen molar-refractivity contribution in [1.29, 1.82) is 0 Å². The van der Waals surface area contributed by atoms with Gasteiger partial charge < -0.3 is 24.8 Å². The van der Waals surface area contributed by atoms with Crippen LogP contribution in [0.4, 0.5) is 24.5 Å². The Morgan fingerprint density at radius 3 is 2.48 bits per heavy atom. The van der Waals surface area contributed by atoms with Crippen LogP contribution >= 0.6 is 22.9 Å². The number of carbonyl (C=O) groups excluding carboxylic acids is 2. The first-order chi connectivity index (χ1) is 22.8. The van der Waals surface area contributed by atoms with E-state index in [-0.39, 0.29) is 83.1 Å². The lowest BCUT2D eigenvalue weighted by atomic mass is 10.1. The molecule has 13 nitrogen and oxygen atoms in total. The maximum atomic E-state index is 14.1. The van der Waals surface area contributed by atoms with Gasteiger partial charge in [-0.25, -0.2) is 24.9 Å². The van der Waals surface area contributed by atoms with Gasteiger partial charge in [-0.05, 0) is 38.5 Å². The molecule has 1 saturated heterocycles. The highest BCUT2D eigenvalue weighted by molar-refractivity contribution is 7.18. The standard InChI is InChI=1S/C30H27ClF3N9O4S/c1-4-19-23(41-7-9-42(10-8-41)29(47)22-24(45)14(2)35-13-36-22)25(46)21-27(40-28-26(39-21)37-15(3)48-28)43(19)12-20(44)38-18-6-5-16(11-17(18)31)30(32,33)34/h5-6,11,13,45H,4,7-10,12H2,1-3H3,(H,38,44). The summed E-state index contributed by atoms with van der Waals surface area (Å²) in [4.78, 5) is 66.0. The average Bonchev–Trinajstić information content (AvgIpc) is 3.42. The number of alkyl halides is 3. The fourth-order valence-corrected chi connectivity index (χ4v) is 6.54. The minimum absolute atomic E-state index is 0.0137. The Labute approximate surface area is 279 Å². The van der Waals surface area contributed by atoms with Crippen LogP contribution in [-0.2, 0) is 23.9 Å². The summed E-state index contributed by atoms with van der Waals surface area (Å²) in [5, 5.41) is 13.3. The third-order valence-electron chi connectivity index (χ3n) is 7.92. The molecule has 5 heterocycles. The maximum Gasteiger partial charge on any atom is 0.416 e. The van der Waals surface area contributed by atoms with E-state index in [4.69, 9.17) is 11.6 Å². The third kappa shape index (κ3) is 6.10. The number of pyridine rings is 1. The van der Waals surface area contributed by atoms with E-state index in [9.17, 15) is 32.7 Å². The number of anilines is 2. The van der Waals surface area contributed by atoms with Crippen molar-refractivity contribution in [3.8, 4) is 5.75 Å². The SMILES string of the molecule is CCc1c(N2CCN(C(=O)c3ncnc(C)c3O)CC2)c(=O)c2nc3nc(C)sc3nc2n1CC(=O)Nc1ccc(C(F)(F)F)cc1Cl. The Hall–Kier alpha value is -4.90. The number of halogens is 4. The monoisotopic (exact) mass is 701 g/mol. The van der Waals surface area contributed by atoms with Crippen LogP contribution in [0.3, 0.4) is 0 Å². The van der Waals surface area contributed by atoms with Crippen LogP contribution in [0, 0.1) is 13.8 Å². The zero-order valence-electron chi connectivity index (χ0n) is 25.7. The molecule has 1 aliphatic rings. The minimum atomic E-state index is -4.61. The van der Waals surface area contributed by atoms with Crippen molar-refractivity contribution in [3.63, 3.8) is 0 Å². The Balaban J connectivity index is 1.37. The van der Waals surface area contributed by atoms with Gasteiger partial charge in [0.25, 0.3) is 5.91 Å². The molecule has 0 bridgehead atoms. The summed E-state index contributed by atoms with van der Waals surface area (Å²) in [5.74, 6) is -1.40. The summed E-state index contributed by atoms with van der Waals surface area (Å²) in [6.45, 7) is 5.66. The van der Waals surface area contributed by atoms with Crippen LogP contribution in [0.5, 0.6) is 5.75 Å². The molecule has 5 aromatic rings. The topological polar surface area (TPSA) is 159 Å². The molecule has 6 rings (SSSR count). The molecule has 0 saturated carbocycles. The van der Waals surface area contributed by atoms with Crippen molar-refractivity contribution >= 4 is 67.8 Å². The quantitative estimate of drug-likeness (QED) is 0.261. The number of piperazine rings is 1. The number of aromatic hydroxyl groups is 1. The van der Waals surface area contributed by atoms with Crippen molar-refractivity contribution in [2.75, 3.05) is 36.4 Å². The second-order valence-corrected chi connectivity index (χ2v) is 12.6. The van der Waals surface area contributed by atoms with E-state index in [0.29, 0.717) is 22.0 Å². The number of hydrogen-bond acceptors (Lipinski definition) is 11. The molecule has 18 heteroatoms. The molecule has 2 amide bonds. The van der Waals surface area contributed by atoms with E-state index in [0.717, 1.165) is 18.2 Å². The number of carbonyl (C=O) groups is 2. The zero-order valence-corrected chi connectivity index (χ0v) is 27.3. The number of nitrogens with one attached hydrogen (secondary N) is 1. The van der Waals surface area contributed by atoms with Gasteiger partial charge in [0.1, 0.15) is 18.6 Å². The average molecular weight is 702 g/mol. The van der Waals surface area contributed by atoms with E-state index >= 15 is 0 Å². The van der Waals surface area contributed by atoms with Crippen LogP contribution in [0.2, 0.25) is 5.02 Å². The van der Waals surface area contributed by atoms with Crippen molar-refractivity contribution < 1.29 is 27.9 Å². The number of fused-ring (bicyclic) bond motifs is 2. The van der Waals surface area contributed by atoms with Gasteiger partial charge in [0.15, 0.2) is 33.1 Å². The normalized spacial score (nSPS) is 13.8. The molecule has 0 spiro atoms. The number of amides is 2. The molecule has 48 heavy (non-hydrogen) atoms. The molecule has 0 radical (unpaired) electrons. The van der Waals surface area contributed by atoms with E-state index < -0.39 is 29.0 Å². The van der Waals surface area contributed by atoms with Gasteiger partial charge in [-0.2, -0.15) is 13.2 Å². The highest BCUT2D eigenvalue weighted by Gasteiger charge is 2.32. The molecule has 250 valence electrons. The van der Waals surface area contributed by atoms with Gasteiger partial charge >= 0.3 is 6.18 Å². The summed E-state index contributed by atoms with van der Waals surface area (Å²) < 4.78 is 41.0. The Kier molecular flexibility index (Phi) is 8.67. The fourth-order valence-electron chi connectivity index (χ4n) is 5.58. The number of rotatable bonds is 6. The molecule has 1 aliphatic heterocycles. The van der Waals surface area contributed by atoms with Crippen LogP contribution in [0.15, 0.2) is 29.3 Å². The Morgan fingerprint density at radius 2 is 1.81 bits per heavy atom. The van der Waals surface area contributed by atoms with Crippen molar-refractivity contribution in [3.05, 3.63) is 67.4 Å². The first kappa shape index (κ1) is 33.0. The highest BCUT2D eigenvalue weighted by Crippen LogP contribution is 2.34. The molecule has 1 fully saturated rings. The Morgan fingerprint density at radius 1 is 1.08 bits per heavy atom. The van der Waals surface area contributed by atoms with Gasteiger partial charge in [-0.1, -0.05) is 29.9 Å². The predicted octanol–water partition coefficient (Wildman–Crippen LogP) is 4.35. The molecule has 0 atom stereocenters. The van der Waals surface area contributed by atoms with Crippen molar-refractivity contribution in [1.82, 2.24) is 34.4 Å². The molecular formula is C30H27ClF3N9O4S. The summed E-state index contributed by atoms with van der Waals surface area (Å²) in [5.41, 5.74) is -0.0851. The predicted molar refractivity (Wildman–Crippen MR) is 173 cm³/mol.